The molecule has 0 aromatic rings. The summed E-state index contributed by atoms with van der Waals surface area (Å²) in [6.45, 7) is 3.95. The second-order valence-electron chi connectivity index (χ2n) is 3.91. The minimum atomic E-state index is -0.710. The molecule has 0 aromatic carbocycles. The van der Waals surface area contributed by atoms with Crippen molar-refractivity contribution in [1.29, 1.82) is 0 Å². The first kappa shape index (κ1) is 10.4. The molecule has 4 atom stereocenters. The number of amides is 1. The van der Waals surface area contributed by atoms with E-state index in [2.05, 4.69) is 6.58 Å². The van der Waals surface area contributed by atoms with E-state index in [4.69, 9.17) is 9.47 Å². The van der Waals surface area contributed by atoms with Gasteiger partial charge < -0.3 is 19.5 Å². The van der Waals surface area contributed by atoms with Gasteiger partial charge in [0, 0.05) is 7.05 Å². The summed E-state index contributed by atoms with van der Waals surface area (Å²) >= 11 is 0. The average molecular weight is 213 g/mol. The molecule has 1 N–H and O–H groups in total. The molecule has 2 aliphatic heterocycles. The minimum Gasteiger partial charge on any atom is -0.441 e. The van der Waals surface area contributed by atoms with E-state index in [1.807, 2.05) is 0 Å². The normalized spacial score (nSPS) is 39.9. The second-order valence-corrected chi connectivity index (χ2v) is 3.91. The molecular weight excluding hydrogens is 198 g/mol. The summed E-state index contributed by atoms with van der Waals surface area (Å²) in [5, 5.41) is 10.0. The lowest BCUT2D eigenvalue weighted by Gasteiger charge is -2.36. The molecule has 0 radical (unpaired) electrons. The van der Waals surface area contributed by atoms with Crippen molar-refractivity contribution in [2.24, 2.45) is 0 Å². The number of rotatable bonds is 2. The van der Waals surface area contributed by atoms with Gasteiger partial charge in [0.2, 0.25) is 0 Å². The van der Waals surface area contributed by atoms with Gasteiger partial charge in [-0.25, -0.2) is 4.79 Å². The van der Waals surface area contributed by atoms with Crippen LogP contribution < -0.4 is 0 Å². The third-order valence-corrected chi connectivity index (χ3v) is 2.97. The highest BCUT2D eigenvalue weighted by atomic mass is 16.6. The van der Waals surface area contributed by atoms with E-state index >= 15 is 0 Å². The SMILES string of the molecule is C=CC[C@H]1OC[C@H]2OC(=O)N(C)[C@H]2[C@@H]1O. The van der Waals surface area contributed by atoms with Crippen molar-refractivity contribution in [1.82, 2.24) is 4.90 Å². The summed E-state index contributed by atoms with van der Waals surface area (Å²) in [6.07, 6.45) is 0.530. The van der Waals surface area contributed by atoms with E-state index in [-0.39, 0.29) is 18.2 Å². The van der Waals surface area contributed by atoms with Gasteiger partial charge in [0.15, 0.2) is 0 Å². The van der Waals surface area contributed by atoms with Gasteiger partial charge in [-0.2, -0.15) is 0 Å². The lowest BCUT2D eigenvalue weighted by Crippen LogP contribution is -2.55. The molecule has 0 aliphatic carbocycles. The molecule has 0 spiro atoms. The monoisotopic (exact) mass is 213 g/mol. The van der Waals surface area contributed by atoms with Gasteiger partial charge in [-0.3, -0.25) is 0 Å². The molecule has 84 valence electrons. The van der Waals surface area contributed by atoms with Gasteiger partial charge in [0.1, 0.15) is 18.2 Å². The maximum absolute atomic E-state index is 11.3. The largest absolute Gasteiger partial charge is 0.441 e. The average Bonchev–Trinajstić information content (AvgIpc) is 2.49. The molecule has 2 rings (SSSR count). The fourth-order valence-corrected chi connectivity index (χ4v) is 2.14. The molecule has 15 heavy (non-hydrogen) atoms. The van der Waals surface area contributed by atoms with Crippen LogP contribution in [-0.2, 0) is 9.47 Å². The minimum absolute atomic E-state index is 0.291. The van der Waals surface area contributed by atoms with Crippen LogP contribution in [0.15, 0.2) is 12.7 Å². The smallest absolute Gasteiger partial charge is 0.410 e. The molecular formula is C10H15NO4. The van der Waals surface area contributed by atoms with Crippen molar-refractivity contribution >= 4 is 6.09 Å². The number of aliphatic hydroxyl groups excluding tert-OH is 1. The maximum Gasteiger partial charge on any atom is 0.410 e. The summed E-state index contributed by atoms with van der Waals surface area (Å²) in [4.78, 5) is 12.7. The van der Waals surface area contributed by atoms with E-state index in [1.165, 1.54) is 4.90 Å². The van der Waals surface area contributed by atoms with Gasteiger partial charge in [-0.1, -0.05) is 6.08 Å². The molecule has 0 bridgehead atoms. The van der Waals surface area contributed by atoms with Crippen molar-refractivity contribution in [3.63, 3.8) is 0 Å². The number of carbonyl (C=O) groups is 1. The Labute approximate surface area is 88.3 Å². The highest BCUT2D eigenvalue weighted by molar-refractivity contribution is 5.70. The molecule has 5 heteroatoms. The first-order valence-electron chi connectivity index (χ1n) is 4.99. The zero-order chi connectivity index (χ0) is 11.0. The summed E-state index contributed by atoms with van der Waals surface area (Å²) in [5.41, 5.74) is 0. The van der Waals surface area contributed by atoms with Gasteiger partial charge in [-0.05, 0) is 6.42 Å². The zero-order valence-electron chi connectivity index (χ0n) is 8.63. The quantitative estimate of drug-likeness (QED) is 0.663. The first-order chi connectivity index (χ1) is 7.15. The van der Waals surface area contributed by atoms with E-state index < -0.39 is 12.2 Å². The molecule has 5 nitrogen and oxygen atoms in total. The Morgan fingerprint density at radius 1 is 1.73 bits per heavy atom. The fourth-order valence-electron chi connectivity index (χ4n) is 2.14. The summed E-state index contributed by atoms with van der Waals surface area (Å²) in [5.74, 6) is 0. The third kappa shape index (κ3) is 1.61. The Balaban J connectivity index is 2.12. The van der Waals surface area contributed by atoms with E-state index in [9.17, 15) is 9.90 Å². The van der Waals surface area contributed by atoms with Crippen molar-refractivity contribution in [3.05, 3.63) is 12.7 Å². The Hall–Kier alpha value is -1.07. The van der Waals surface area contributed by atoms with Crippen LogP contribution in [-0.4, -0.2) is 54.1 Å². The molecule has 2 fully saturated rings. The predicted octanol–water partition coefficient (Wildman–Crippen LogP) is 0.141. The number of hydrogen-bond acceptors (Lipinski definition) is 4. The molecule has 2 heterocycles. The van der Waals surface area contributed by atoms with Crippen molar-refractivity contribution in [2.75, 3.05) is 13.7 Å². The Morgan fingerprint density at radius 2 is 2.47 bits per heavy atom. The summed E-state index contributed by atoms with van der Waals surface area (Å²) in [6, 6.07) is -0.295. The van der Waals surface area contributed by atoms with Gasteiger partial charge in [0.25, 0.3) is 0 Å². The number of ether oxygens (including phenoxy) is 2. The summed E-state index contributed by atoms with van der Waals surface area (Å²) in [7, 11) is 1.63. The lowest BCUT2D eigenvalue weighted by atomic mass is 9.95. The van der Waals surface area contributed by atoms with Crippen LogP contribution in [0.5, 0.6) is 0 Å². The summed E-state index contributed by atoms with van der Waals surface area (Å²) < 4.78 is 10.5. The van der Waals surface area contributed by atoms with Gasteiger partial charge >= 0.3 is 6.09 Å². The molecule has 0 aromatic heterocycles. The highest BCUT2D eigenvalue weighted by Crippen LogP contribution is 2.29. The number of carbonyl (C=O) groups excluding carboxylic acids is 1. The molecule has 0 unspecified atom stereocenters. The number of fused-ring (bicyclic) bond motifs is 1. The van der Waals surface area contributed by atoms with Crippen LogP contribution in [0.1, 0.15) is 6.42 Å². The fraction of sp³-hybridized carbons (Fsp3) is 0.700. The Morgan fingerprint density at radius 3 is 3.13 bits per heavy atom. The predicted molar refractivity (Wildman–Crippen MR) is 52.4 cm³/mol. The van der Waals surface area contributed by atoms with Crippen molar-refractivity contribution in [3.8, 4) is 0 Å². The number of nitrogens with zero attached hydrogens (tertiary/aromatic N) is 1. The van der Waals surface area contributed by atoms with Crippen molar-refractivity contribution < 1.29 is 19.4 Å². The number of hydrogen-bond donors (Lipinski definition) is 1. The standard InChI is InChI=1S/C10H15NO4/c1-3-4-6-9(12)8-7(5-14-6)15-10(13)11(8)2/h3,6-9,12H,1,4-5H2,2H3/t6-,7-,8-,9-/m1/s1. The molecule has 1 amide bonds. The Kier molecular flexibility index (Phi) is 2.67. The first-order valence-corrected chi connectivity index (χ1v) is 4.99. The van der Waals surface area contributed by atoms with E-state index in [0.717, 1.165) is 0 Å². The number of likely N-dealkylation sites (N-methyl/N-ethyl adjacent to an activating group) is 1. The van der Waals surface area contributed by atoms with Crippen LogP contribution in [0.25, 0.3) is 0 Å². The van der Waals surface area contributed by atoms with Crippen LogP contribution >= 0.6 is 0 Å². The lowest BCUT2D eigenvalue weighted by molar-refractivity contribution is -0.130. The van der Waals surface area contributed by atoms with Crippen LogP contribution in [0, 0.1) is 0 Å². The molecule has 2 saturated heterocycles. The zero-order valence-corrected chi connectivity index (χ0v) is 8.63. The molecule has 0 saturated carbocycles. The number of aliphatic hydroxyl groups is 1. The van der Waals surface area contributed by atoms with Crippen molar-refractivity contribution in [2.45, 2.75) is 30.8 Å². The van der Waals surface area contributed by atoms with Gasteiger partial charge in [0.05, 0.1) is 12.7 Å². The maximum atomic E-state index is 11.3. The van der Waals surface area contributed by atoms with Gasteiger partial charge in [-0.15, -0.1) is 6.58 Å². The van der Waals surface area contributed by atoms with E-state index in [0.29, 0.717) is 13.0 Å². The highest BCUT2D eigenvalue weighted by Gasteiger charge is 2.49. The molecule has 2 aliphatic rings. The Bertz CT molecular complexity index is 281. The third-order valence-electron chi connectivity index (χ3n) is 2.97. The van der Waals surface area contributed by atoms with Crippen LogP contribution in [0.4, 0.5) is 4.79 Å². The topological polar surface area (TPSA) is 59.0 Å². The van der Waals surface area contributed by atoms with Crippen LogP contribution in [0.3, 0.4) is 0 Å². The van der Waals surface area contributed by atoms with Crippen LogP contribution in [0.2, 0.25) is 0 Å². The van der Waals surface area contributed by atoms with E-state index in [1.54, 1.807) is 13.1 Å². The second kappa shape index (κ2) is 3.83.